The molecular formula is C25H20F2N4O2. The van der Waals surface area contributed by atoms with Crippen LogP contribution < -0.4 is 15.4 Å². The molecule has 2 aromatic heterocycles. The number of carbonyl (C=O) groups excluding carboxylic acids is 1. The summed E-state index contributed by atoms with van der Waals surface area (Å²) in [6.45, 7) is 1.76. The van der Waals surface area contributed by atoms with E-state index in [1.165, 1.54) is 12.1 Å². The minimum Gasteiger partial charge on any atom is -0.457 e. The van der Waals surface area contributed by atoms with Crippen LogP contribution in [-0.4, -0.2) is 15.9 Å². The van der Waals surface area contributed by atoms with Crippen LogP contribution in [0.15, 0.2) is 79.3 Å². The van der Waals surface area contributed by atoms with Crippen LogP contribution in [0.1, 0.15) is 21.5 Å². The Kier molecular flexibility index (Phi) is 6.54. The van der Waals surface area contributed by atoms with Gasteiger partial charge in [0.25, 0.3) is 5.91 Å². The molecule has 2 N–H and O–H groups in total. The molecule has 2 heterocycles. The number of benzene rings is 2. The highest BCUT2D eigenvalue weighted by atomic mass is 19.1. The Labute approximate surface area is 189 Å². The Bertz CT molecular complexity index is 1260. The minimum atomic E-state index is -0.694. The van der Waals surface area contributed by atoms with Gasteiger partial charge in [-0.25, -0.2) is 13.8 Å². The van der Waals surface area contributed by atoms with Crippen molar-refractivity contribution in [1.29, 1.82) is 0 Å². The number of halogens is 2. The number of nitrogens with zero attached hydrogens (tertiary/aromatic N) is 2. The van der Waals surface area contributed by atoms with Crippen molar-refractivity contribution in [2.75, 3.05) is 5.32 Å². The number of ether oxygens (including phenoxy) is 1. The summed E-state index contributed by atoms with van der Waals surface area (Å²) in [5.41, 5.74) is 2.14. The van der Waals surface area contributed by atoms with Gasteiger partial charge in [0.15, 0.2) is 0 Å². The molecule has 0 saturated carbocycles. The molecule has 0 spiro atoms. The third-order valence-electron chi connectivity index (χ3n) is 4.80. The maximum atomic E-state index is 13.4. The predicted octanol–water partition coefficient (Wildman–Crippen LogP) is 5.53. The molecule has 1 amide bonds. The van der Waals surface area contributed by atoms with Crippen molar-refractivity contribution in [3.63, 3.8) is 0 Å². The molecule has 33 heavy (non-hydrogen) atoms. The van der Waals surface area contributed by atoms with E-state index in [4.69, 9.17) is 4.74 Å². The molecule has 8 heteroatoms. The van der Waals surface area contributed by atoms with Gasteiger partial charge in [-0.15, -0.1) is 0 Å². The van der Waals surface area contributed by atoms with Crippen LogP contribution in [0.5, 0.6) is 11.5 Å². The molecule has 0 unspecified atom stereocenters. The van der Waals surface area contributed by atoms with Crippen molar-refractivity contribution in [2.45, 2.75) is 13.5 Å². The fourth-order valence-corrected chi connectivity index (χ4v) is 3.22. The smallest absolute Gasteiger partial charge is 0.251 e. The number of anilines is 2. The topological polar surface area (TPSA) is 76.1 Å². The highest BCUT2D eigenvalue weighted by molar-refractivity contribution is 5.96. The molecule has 4 aromatic rings. The number of rotatable bonds is 7. The molecule has 0 radical (unpaired) electrons. The van der Waals surface area contributed by atoms with E-state index >= 15 is 0 Å². The Morgan fingerprint density at radius 2 is 1.82 bits per heavy atom. The van der Waals surface area contributed by atoms with Gasteiger partial charge in [-0.2, -0.15) is 0 Å². The third-order valence-corrected chi connectivity index (χ3v) is 4.80. The largest absolute Gasteiger partial charge is 0.457 e. The molecule has 4 rings (SSSR count). The zero-order chi connectivity index (χ0) is 23.2. The Balaban J connectivity index is 1.47. The van der Waals surface area contributed by atoms with Crippen LogP contribution in [0.3, 0.4) is 0 Å². The quantitative estimate of drug-likeness (QED) is 0.390. The molecule has 0 aliphatic carbocycles. The molecule has 0 bridgehead atoms. The van der Waals surface area contributed by atoms with Crippen LogP contribution in [0, 0.1) is 18.6 Å². The molecule has 0 saturated heterocycles. The highest BCUT2D eigenvalue weighted by Gasteiger charge is 2.14. The van der Waals surface area contributed by atoms with Gasteiger partial charge in [-0.3, -0.25) is 9.78 Å². The molecular weight excluding hydrogens is 426 g/mol. The molecule has 0 aliphatic heterocycles. The second-order valence-electron chi connectivity index (χ2n) is 7.23. The lowest BCUT2D eigenvalue weighted by Crippen LogP contribution is -2.23. The number of hydrogen-bond donors (Lipinski definition) is 2. The van der Waals surface area contributed by atoms with Crippen molar-refractivity contribution >= 4 is 17.4 Å². The summed E-state index contributed by atoms with van der Waals surface area (Å²) >= 11 is 0. The van der Waals surface area contributed by atoms with Crippen LogP contribution in [-0.2, 0) is 6.54 Å². The summed E-state index contributed by atoms with van der Waals surface area (Å²) in [6, 6.07) is 15.4. The minimum absolute atomic E-state index is 0.00817. The number of aromatic nitrogens is 2. The average molecular weight is 446 g/mol. The fraction of sp³-hybridized carbons (Fsp3) is 0.0800. The summed E-state index contributed by atoms with van der Waals surface area (Å²) in [7, 11) is 0. The normalized spacial score (nSPS) is 10.5. The third kappa shape index (κ3) is 5.68. The first kappa shape index (κ1) is 21.9. The summed E-state index contributed by atoms with van der Waals surface area (Å²) in [5, 5.41) is 5.83. The molecule has 0 atom stereocenters. The van der Waals surface area contributed by atoms with E-state index in [2.05, 4.69) is 20.6 Å². The second kappa shape index (κ2) is 9.86. The first-order valence-corrected chi connectivity index (χ1v) is 10.1. The number of pyridine rings is 2. The van der Waals surface area contributed by atoms with Gasteiger partial charge >= 0.3 is 0 Å². The van der Waals surface area contributed by atoms with Gasteiger partial charge in [-0.1, -0.05) is 6.07 Å². The summed E-state index contributed by atoms with van der Waals surface area (Å²) in [5.74, 6) is -0.156. The Morgan fingerprint density at radius 3 is 2.58 bits per heavy atom. The van der Waals surface area contributed by atoms with E-state index in [0.717, 1.165) is 11.8 Å². The van der Waals surface area contributed by atoms with Crippen LogP contribution in [0.2, 0.25) is 0 Å². The SMILES string of the molecule is Cc1c(Oc2ccnc(Nc3cccnc3)c2)cccc1C(=O)NCc1cc(F)cc(F)c1. The summed E-state index contributed by atoms with van der Waals surface area (Å²) in [4.78, 5) is 21.0. The zero-order valence-corrected chi connectivity index (χ0v) is 17.7. The zero-order valence-electron chi connectivity index (χ0n) is 17.7. The number of amides is 1. The van der Waals surface area contributed by atoms with Gasteiger partial charge in [0, 0.05) is 42.2 Å². The summed E-state index contributed by atoms with van der Waals surface area (Å²) < 4.78 is 32.7. The monoisotopic (exact) mass is 446 g/mol. The lowest BCUT2D eigenvalue weighted by molar-refractivity contribution is 0.0950. The van der Waals surface area contributed by atoms with Gasteiger partial charge in [0.1, 0.15) is 29.0 Å². The number of nitrogens with one attached hydrogen (secondary N) is 2. The van der Waals surface area contributed by atoms with Gasteiger partial charge in [0.05, 0.1) is 11.9 Å². The highest BCUT2D eigenvalue weighted by Crippen LogP contribution is 2.28. The van der Waals surface area contributed by atoms with Gasteiger partial charge in [0.2, 0.25) is 0 Å². The first-order valence-electron chi connectivity index (χ1n) is 10.1. The predicted molar refractivity (Wildman–Crippen MR) is 121 cm³/mol. The van der Waals surface area contributed by atoms with Crippen LogP contribution in [0.4, 0.5) is 20.3 Å². The lowest BCUT2D eigenvalue weighted by atomic mass is 10.1. The molecule has 0 aliphatic rings. The maximum absolute atomic E-state index is 13.4. The average Bonchev–Trinajstić information content (AvgIpc) is 2.79. The Hall–Kier alpha value is -4.33. The van der Waals surface area contributed by atoms with Gasteiger partial charge in [-0.05, 0) is 55.0 Å². The van der Waals surface area contributed by atoms with E-state index < -0.39 is 11.6 Å². The van der Waals surface area contributed by atoms with Crippen molar-refractivity contribution in [2.24, 2.45) is 0 Å². The standard InChI is InChI=1S/C25H20F2N4O2/c1-16-22(25(32)30-14-17-10-18(26)12-19(27)11-17)5-2-6-23(16)33-21-7-9-29-24(13-21)31-20-4-3-8-28-15-20/h2-13,15H,14H2,1H3,(H,29,31)(H,30,32). The van der Waals surface area contributed by atoms with Crippen molar-refractivity contribution in [3.05, 3.63) is 108 Å². The maximum Gasteiger partial charge on any atom is 0.251 e. The number of carbonyl (C=O) groups is 1. The molecule has 166 valence electrons. The molecule has 6 nitrogen and oxygen atoms in total. The van der Waals surface area contributed by atoms with Crippen LogP contribution >= 0.6 is 0 Å². The number of hydrogen-bond acceptors (Lipinski definition) is 5. The fourth-order valence-electron chi connectivity index (χ4n) is 3.22. The molecule has 2 aromatic carbocycles. The summed E-state index contributed by atoms with van der Waals surface area (Å²) in [6.07, 6.45) is 4.97. The van der Waals surface area contributed by atoms with Crippen molar-refractivity contribution in [3.8, 4) is 11.5 Å². The second-order valence-corrected chi connectivity index (χ2v) is 7.23. The van der Waals surface area contributed by atoms with E-state index in [1.54, 1.807) is 55.8 Å². The molecule has 0 fully saturated rings. The van der Waals surface area contributed by atoms with Crippen molar-refractivity contribution in [1.82, 2.24) is 15.3 Å². The van der Waals surface area contributed by atoms with E-state index in [9.17, 15) is 13.6 Å². The van der Waals surface area contributed by atoms with E-state index in [0.29, 0.717) is 34.0 Å². The Morgan fingerprint density at radius 1 is 1.00 bits per heavy atom. The van der Waals surface area contributed by atoms with Gasteiger partial charge < -0.3 is 15.4 Å². The van der Waals surface area contributed by atoms with E-state index in [-0.39, 0.29) is 12.5 Å². The van der Waals surface area contributed by atoms with E-state index in [1.807, 2.05) is 12.1 Å². The lowest BCUT2D eigenvalue weighted by Gasteiger charge is -2.13. The van der Waals surface area contributed by atoms with Crippen molar-refractivity contribution < 1.29 is 18.3 Å². The first-order chi connectivity index (χ1) is 16.0. The van der Waals surface area contributed by atoms with Crippen LogP contribution in [0.25, 0.3) is 0 Å².